The number of hydrogen-bond donors (Lipinski definition) is 0. The van der Waals surface area contributed by atoms with Crippen LogP contribution in [0.1, 0.15) is 54.7 Å². The fourth-order valence-corrected chi connectivity index (χ4v) is 4.40. The summed E-state index contributed by atoms with van der Waals surface area (Å²) >= 11 is 0. The van der Waals surface area contributed by atoms with Crippen molar-refractivity contribution in [1.82, 2.24) is 19.8 Å². The molecule has 134 valence electrons. The summed E-state index contributed by atoms with van der Waals surface area (Å²) in [7, 11) is 0. The molecule has 0 unspecified atom stereocenters. The summed E-state index contributed by atoms with van der Waals surface area (Å²) in [6.45, 7) is 4.81. The maximum atomic E-state index is 13.1. The van der Waals surface area contributed by atoms with Crippen molar-refractivity contribution in [3.8, 4) is 0 Å². The van der Waals surface area contributed by atoms with Gasteiger partial charge in [0, 0.05) is 32.4 Å². The lowest BCUT2D eigenvalue weighted by Gasteiger charge is -2.42. The zero-order valence-corrected chi connectivity index (χ0v) is 14.9. The van der Waals surface area contributed by atoms with Crippen molar-refractivity contribution in [2.75, 3.05) is 26.2 Å². The van der Waals surface area contributed by atoms with E-state index in [2.05, 4.69) is 14.9 Å². The second-order valence-electron chi connectivity index (χ2n) is 7.95. The SMILES string of the molecule is Cc1cnc(C(=O)N2CC[C@]3(CCCN(CC4CCC4)C3=O)C2)cn1. The largest absolute Gasteiger partial charge is 0.342 e. The fraction of sp³-hybridized carbons (Fsp3) is 0.684. The van der Waals surface area contributed by atoms with Gasteiger partial charge in [0.15, 0.2) is 0 Å². The van der Waals surface area contributed by atoms with Gasteiger partial charge in [0.2, 0.25) is 5.91 Å². The molecule has 0 bridgehead atoms. The Labute approximate surface area is 148 Å². The van der Waals surface area contributed by atoms with E-state index in [1.807, 2.05) is 6.92 Å². The van der Waals surface area contributed by atoms with E-state index < -0.39 is 0 Å². The van der Waals surface area contributed by atoms with Gasteiger partial charge in [0.05, 0.1) is 17.3 Å². The number of likely N-dealkylation sites (tertiary alicyclic amines) is 2. The minimum atomic E-state index is -0.365. The van der Waals surface area contributed by atoms with E-state index in [4.69, 9.17) is 0 Å². The third kappa shape index (κ3) is 3.02. The summed E-state index contributed by atoms with van der Waals surface area (Å²) in [6.07, 6.45) is 9.69. The zero-order valence-electron chi connectivity index (χ0n) is 14.9. The number of amides is 2. The Kier molecular flexibility index (Phi) is 4.21. The van der Waals surface area contributed by atoms with Gasteiger partial charge < -0.3 is 9.80 Å². The molecule has 1 spiro atoms. The van der Waals surface area contributed by atoms with Crippen LogP contribution in [0.2, 0.25) is 0 Å². The molecule has 25 heavy (non-hydrogen) atoms. The van der Waals surface area contributed by atoms with Crippen molar-refractivity contribution in [2.24, 2.45) is 11.3 Å². The molecule has 1 aromatic heterocycles. The first kappa shape index (κ1) is 16.5. The van der Waals surface area contributed by atoms with E-state index in [1.54, 1.807) is 11.1 Å². The molecule has 6 nitrogen and oxygen atoms in total. The van der Waals surface area contributed by atoms with Crippen LogP contribution in [-0.4, -0.2) is 57.8 Å². The molecular formula is C19H26N4O2. The number of piperidine rings is 1. The van der Waals surface area contributed by atoms with Gasteiger partial charge in [-0.05, 0) is 44.9 Å². The van der Waals surface area contributed by atoms with Crippen molar-refractivity contribution in [2.45, 2.75) is 45.4 Å². The first-order valence-corrected chi connectivity index (χ1v) is 9.45. The normalized spacial score (nSPS) is 27.0. The van der Waals surface area contributed by atoms with E-state index in [0.717, 1.165) is 38.0 Å². The van der Waals surface area contributed by atoms with Crippen LogP contribution >= 0.6 is 0 Å². The second kappa shape index (κ2) is 6.39. The smallest absolute Gasteiger partial charge is 0.274 e. The lowest BCUT2D eigenvalue weighted by atomic mass is 9.77. The third-order valence-electron chi connectivity index (χ3n) is 6.17. The Morgan fingerprint density at radius 3 is 2.72 bits per heavy atom. The molecule has 6 heteroatoms. The maximum Gasteiger partial charge on any atom is 0.274 e. The molecular weight excluding hydrogens is 316 g/mol. The highest BCUT2D eigenvalue weighted by atomic mass is 16.2. The minimum absolute atomic E-state index is 0.103. The highest BCUT2D eigenvalue weighted by Crippen LogP contribution is 2.41. The molecule has 1 atom stereocenters. The van der Waals surface area contributed by atoms with Crippen LogP contribution < -0.4 is 0 Å². The van der Waals surface area contributed by atoms with Crippen LogP contribution in [0.3, 0.4) is 0 Å². The van der Waals surface area contributed by atoms with E-state index >= 15 is 0 Å². The van der Waals surface area contributed by atoms with Crippen LogP contribution in [0.5, 0.6) is 0 Å². The predicted molar refractivity (Wildman–Crippen MR) is 92.9 cm³/mol. The molecule has 3 fully saturated rings. The molecule has 2 amide bonds. The topological polar surface area (TPSA) is 66.4 Å². The highest BCUT2D eigenvalue weighted by molar-refractivity contribution is 5.93. The molecule has 1 saturated carbocycles. The van der Waals surface area contributed by atoms with Crippen LogP contribution in [0.4, 0.5) is 0 Å². The number of rotatable bonds is 3. The Hall–Kier alpha value is -1.98. The van der Waals surface area contributed by atoms with Gasteiger partial charge in [-0.25, -0.2) is 4.98 Å². The van der Waals surface area contributed by atoms with Crippen LogP contribution in [0, 0.1) is 18.3 Å². The summed E-state index contributed by atoms with van der Waals surface area (Å²) in [5.41, 5.74) is 0.802. The van der Waals surface area contributed by atoms with Gasteiger partial charge in [-0.15, -0.1) is 0 Å². The summed E-state index contributed by atoms with van der Waals surface area (Å²) in [5.74, 6) is 0.866. The maximum absolute atomic E-state index is 13.1. The highest BCUT2D eigenvalue weighted by Gasteiger charge is 2.49. The molecule has 2 saturated heterocycles. The Morgan fingerprint density at radius 2 is 2.04 bits per heavy atom. The quantitative estimate of drug-likeness (QED) is 0.843. The Bertz CT molecular complexity index is 671. The molecule has 4 rings (SSSR count). The third-order valence-corrected chi connectivity index (χ3v) is 6.17. The molecule has 0 radical (unpaired) electrons. The summed E-state index contributed by atoms with van der Waals surface area (Å²) in [4.78, 5) is 38.1. The minimum Gasteiger partial charge on any atom is -0.342 e. The fourth-order valence-electron chi connectivity index (χ4n) is 4.40. The molecule has 1 aliphatic carbocycles. The number of aryl methyl sites for hydroxylation is 1. The summed E-state index contributed by atoms with van der Waals surface area (Å²) in [5, 5.41) is 0. The van der Waals surface area contributed by atoms with Crippen LogP contribution in [-0.2, 0) is 4.79 Å². The van der Waals surface area contributed by atoms with Crippen molar-refractivity contribution >= 4 is 11.8 Å². The monoisotopic (exact) mass is 342 g/mol. The zero-order chi connectivity index (χ0) is 17.4. The number of aromatic nitrogens is 2. The lowest BCUT2D eigenvalue weighted by molar-refractivity contribution is -0.146. The van der Waals surface area contributed by atoms with Crippen molar-refractivity contribution in [1.29, 1.82) is 0 Å². The van der Waals surface area contributed by atoms with Gasteiger partial charge in [0.25, 0.3) is 5.91 Å². The van der Waals surface area contributed by atoms with Gasteiger partial charge in [-0.3, -0.25) is 14.6 Å². The van der Waals surface area contributed by atoms with Gasteiger partial charge in [-0.1, -0.05) is 6.42 Å². The number of carbonyl (C=O) groups is 2. The number of nitrogens with zero attached hydrogens (tertiary/aromatic N) is 4. The van der Waals surface area contributed by atoms with E-state index in [-0.39, 0.29) is 17.2 Å². The van der Waals surface area contributed by atoms with E-state index in [9.17, 15) is 9.59 Å². The van der Waals surface area contributed by atoms with Gasteiger partial charge in [0.1, 0.15) is 5.69 Å². The lowest BCUT2D eigenvalue weighted by Crippen LogP contribution is -2.52. The summed E-state index contributed by atoms with van der Waals surface area (Å²) < 4.78 is 0. The van der Waals surface area contributed by atoms with E-state index in [1.165, 1.54) is 25.5 Å². The van der Waals surface area contributed by atoms with Gasteiger partial charge >= 0.3 is 0 Å². The number of carbonyl (C=O) groups excluding carboxylic acids is 2. The second-order valence-corrected chi connectivity index (χ2v) is 7.95. The molecule has 1 aromatic rings. The molecule has 0 aromatic carbocycles. The Balaban J connectivity index is 1.45. The van der Waals surface area contributed by atoms with Crippen molar-refractivity contribution in [3.05, 3.63) is 23.8 Å². The molecule has 2 aliphatic heterocycles. The predicted octanol–water partition coefficient (Wildman–Crippen LogP) is 2.04. The molecule has 3 aliphatic rings. The van der Waals surface area contributed by atoms with E-state index in [0.29, 0.717) is 24.7 Å². The summed E-state index contributed by atoms with van der Waals surface area (Å²) in [6, 6.07) is 0. The number of hydrogen-bond acceptors (Lipinski definition) is 4. The van der Waals surface area contributed by atoms with Gasteiger partial charge in [-0.2, -0.15) is 0 Å². The van der Waals surface area contributed by atoms with Crippen LogP contribution in [0.15, 0.2) is 12.4 Å². The molecule has 3 heterocycles. The average Bonchev–Trinajstić information content (AvgIpc) is 3.00. The molecule has 0 N–H and O–H groups in total. The first-order valence-electron chi connectivity index (χ1n) is 9.45. The van der Waals surface area contributed by atoms with Crippen LogP contribution in [0.25, 0.3) is 0 Å². The van der Waals surface area contributed by atoms with Crippen molar-refractivity contribution < 1.29 is 9.59 Å². The Morgan fingerprint density at radius 1 is 1.20 bits per heavy atom. The first-order chi connectivity index (χ1) is 12.1. The van der Waals surface area contributed by atoms with Crippen molar-refractivity contribution in [3.63, 3.8) is 0 Å². The average molecular weight is 342 g/mol. The standard InChI is InChI=1S/C19H26N4O2/c1-14-10-21-16(11-20-14)17(24)23-9-7-19(13-23)6-3-8-22(18(19)25)12-15-4-2-5-15/h10-11,15H,2-9,12-13H2,1H3/t19-/m1/s1.